The Balaban J connectivity index is 1.77. The summed E-state index contributed by atoms with van der Waals surface area (Å²) in [5, 5.41) is 0. The van der Waals surface area contributed by atoms with E-state index in [-0.39, 0.29) is 0 Å². The van der Waals surface area contributed by atoms with Crippen LogP contribution < -0.4 is 10.6 Å². The molecule has 18 heavy (non-hydrogen) atoms. The molecule has 2 N–H and O–H groups in total. The van der Waals surface area contributed by atoms with Crippen LogP contribution in [0.4, 0.5) is 5.69 Å². The topological polar surface area (TPSA) is 29.3 Å². The number of rotatable bonds is 6. The van der Waals surface area contributed by atoms with Gasteiger partial charge in [0.05, 0.1) is 0 Å². The largest absolute Gasteiger partial charge is 0.371 e. The average molecular weight is 244 g/mol. The number of hydrogen-bond acceptors (Lipinski definition) is 2. The van der Waals surface area contributed by atoms with Gasteiger partial charge in [-0.05, 0) is 61.6 Å². The zero-order valence-corrected chi connectivity index (χ0v) is 11.4. The number of nitrogens with zero attached hydrogens (tertiary/aromatic N) is 1. The van der Waals surface area contributed by atoms with Gasteiger partial charge in [-0.1, -0.05) is 12.1 Å². The van der Waals surface area contributed by atoms with Crippen LogP contribution in [0.2, 0.25) is 0 Å². The van der Waals surface area contributed by atoms with Gasteiger partial charge in [0.25, 0.3) is 0 Å². The molecule has 0 aliphatic heterocycles. The highest BCUT2D eigenvalue weighted by Gasteiger charge is 2.29. The summed E-state index contributed by atoms with van der Waals surface area (Å²) in [6, 6.07) is 6.72. The van der Waals surface area contributed by atoms with Crippen LogP contribution in [0.5, 0.6) is 0 Å². The van der Waals surface area contributed by atoms with Gasteiger partial charge < -0.3 is 10.6 Å². The van der Waals surface area contributed by atoms with Crippen molar-refractivity contribution in [3.05, 3.63) is 29.3 Å². The first kappa shape index (κ1) is 12.0. The molecule has 0 bridgehead atoms. The van der Waals surface area contributed by atoms with Crippen LogP contribution in [0.3, 0.4) is 0 Å². The standard InChI is InChI=1S/C16H24N2/c1-12-8-15(9-17)6-7-16(12)18(10-13-2-3-13)11-14-4-5-14/h6-8,13-14H,2-5,9-11,17H2,1H3. The van der Waals surface area contributed by atoms with Gasteiger partial charge in [0.15, 0.2) is 0 Å². The molecule has 1 aromatic rings. The van der Waals surface area contributed by atoms with E-state index < -0.39 is 0 Å². The van der Waals surface area contributed by atoms with Gasteiger partial charge in [-0.2, -0.15) is 0 Å². The molecule has 0 radical (unpaired) electrons. The number of aryl methyl sites for hydroxylation is 1. The van der Waals surface area contributed by atoms with Gasteiger partial charge in [0.1, 0.15) is 0 Å². The zero-order chi connectivity index (χ0) is 12.5. The lowest BCUT2D eigenvalue weighted by Crippen LogP contribution is -2.28. The van der Waals surface area contributed by atoms with E-state index in [1.807, 2.05) is 0 Å². The van der Waals surface area contributed by atoms with Crippen LogP contribution in [-0.4, -0.2) is 13.1 Å². The second-order valence-corrected chi connectivity index (χ2v) is 6.12. The maximum atomic E-state index is 5.71. The Morgan fingerprint density at radius 3 is 2.17 bits per heavy atom. The minimum Gasteiger partial charge on any atom is -0.371 e. The summed E-state index contributed by atoms with van der Waals surface area (Å²) < 4.78 is 0. The minimum absolute atomic E-state index is 0.645. The third kappa shape index (κ3) is 2.86. The first-order chi connectivity index (χ1) is 8.76. The molecule has 0 unspecified atom stereocenters. The highest BCUT2D eigenvalue weighted by Crippen LogP contribution is 2.36. The fraction of sp³-hybridized carbons (Fsp3) is 0.625. The molecule has 2 aliphatic rings. The lowest BCUT2D eigenvalue weighted by Gasteiger charge is -2.27. The van der Waals surface area contributed by atoms with Crippen molar-refractivity contribution in [3.63, 3.8) is 0 Å². The first-order valence-electron chi connectivity index (χ1n) is 7.31. The van der Waals surface area contributed by atoms with Crippen molar-refractivity contribution in [2.75, 3.05) is 18.0 Å². The van der Waals surface area contributed by atoms with Crippen LogP contribution in [-0.2, 0) is 6.54 Å². The normalized spacial score (nSPS) is 19.0. The Kier molecular flexibility index (Phi) is 3.29. The Bertz CT molecular complexity index is 405. The Morgan fingerprint density at radius 2 is 1.72 bits per heavy atom. The van der Waals surface area contributed by atoms with Crippen LogP contribution in [0, 0.1) is 18.8 Å². The van der Waals surface area contributed by atoms with Crippen molar-refractivity contribution in [2.45, 2.75) is 39.2 Å². The van der Waals surface area contributed by atoms with E-state index in [9.17, 15) is 0 Å². The summed E-state index contributed by atoms with van der Waals surface area (Å²) in [7, 11) is 0. The summed E-state index contributed by atoms with van der Waals surface area (Å²) in [4.78, 5) is 2.63. The summed E-state index contributed by atoms with van der Waals surface area (Å²) in [6.45, 7) is 5.40. The third-order valence-electron chi connectivity index (χ3n) is 4.19. The molecule has 2 aliphatic carbocycles. The van der Waals surface area contributed by atoms with Crippen molar-refractivity contribution < 1.29 is 0 Å². The monoisotopic (exact) mass is 244 g/mol. The van der Waals surface area contributed by atoms with Crippen molar-refractivity contribution in [2.24, 2.45) is 17.6 Å². The number of nitrogens with two attached hydrogens (primary N) is 1. The van der Waals surface area contributed by atoms with Gasteiger partial charge in [-0.15, -0.1) is 0 Å². The van der Waals surface area contributed by atoms with E-state index >= 15 is 0 Å². The van der Waals surface area contributed by atoms with Crippen LogP contribution in [0.1, 0.15) is 36.8 Å². The summed E-state index contributed by atoms with van der Waals surface area (Å²) in [5.74, 6) is 1.91. The van der Waals surface area contributed by atoms with Gasteiger partial charge in [0.2, 0.25) is 0 Å². The molecule has 98 valence electrons. The fourth-order valence-corrected chi connectivity index (χ4v) is 2.69. The van der Waals surface area contributed by atoms with Crippen LogP contribution >= 0.6 is 0 Å². The molecule has 3 rings (SSSR count). The van der Waals surface area contributed by atoms with Crippen LogP contribution in [0.25, 0.3) is 0 Å². The molecule has 2 nitrogen and oxygen atoms in total. The maximum Gasteiger partial charge on any atom is 0.0396 e. The van der Waals surface area contributed by atoms with Crippen molar-refractivity contribution >= 4 is 5.69 Å². The summed E-state index contributed by atoms with van der Waals surface area (Å²) in [6.07, 6.45) is 5.73. The number of benzene rings is 1. The van der Waals surface area contributed by atoms with Gasteiger partial charge >= 0.3 is 0 Å². The zero-order valence-electron chi connectivity index (χ0n) is 11.4. The maximum absolute atomic E-state index is 5.71. The Labute approximate surface area is 110 Å². The Morgan fingerprint density at radius 1 is 1.11 bits per heavy atom. The molecule has 2 saturated carbocycles. The second-order valence-electron chi connectivity index (χ2n) is 6.12. The molecular weight excluding hydrogens is 220 g/mol. The predicted octanol–water partition coefficient (Wildman–Crippen LogP) is 3.08. The molecule has 0 aromatic heterocycles. The average Bonchev–Trinajstić information content (AvgIpc) is 3.23. The van der Waals surface area contributed by atoms with Crippen LogP contribution in [0.15, 0.2) is 18.2 Å². The van der Waals surface area contributed by atoms with Gasteiger partial charge in [-0.3, -0.25) is 0 Å². The summed E-state index contributed by atoms with van der Waals surface area (Å²) in [5.41, 5.74) is 9.78. The fourth-order valence-electron chi connectivity index (χ4n) is 2.69. The molecule has 0 saturated heterocycles. The number of anilines is 1. The van der Waals surface area contributed by atoms with Gasteiger partial charge in [0, 0.05) is 25.3 Å². The lowest BCUT2D eigenvalue weighted by atomic mass is 10.1. The van der Waals surface area contributed by atoms with E-state index in [1.165, 1.54) is 55.6 Å². The molecule has 0 spiro atoms. The molecule has 2 fully saturated rings. The van der Waals surface area contributed by atoms with Crippen molar-refractivity contribution in [3.8, 4) is 0 Å². The highest BCUT2D eigenvalue weighted by atomic mass is 15.1. The third-order valence-corrected chi connectivity index (χ3v) is 4.19. The van der Waals surface area contributed by atoms with Gasteiger partial charge in [-0.25, -0.2) is 0 Å². The SMILES string of the molecule is Cc1cc(CN)ccc1N(CC1CC1)CC1CC1. The molecule has 0 amide bonds. The summed E-state index contributed by atoms with van der Waals surface area (Å²) >= 11 is 0. The predicted molar refractivity (Wildman–Crippen MR) is 76.7 cm³/mol. The second kappa shape index (κ2) is 4.93. The molecule has 0 atom stereocenters. The van der Waals surface area contributed by atoms with Crippen molar-refractivity contribution in [1.82, 2.24) is 0 Å². The van der Waals surface area contributed by atoms with E-state index in [1.54, 1.807) is 0 Å². The molecule has 0 heterocycles. The van der Waals surface area contributed by atoms with Crippen molar-refractivity contribution in [1.29, 1.82) is 0 Å². The molecular formula is C16H24N2. The Hall–Kier alpha value is -1.02. The molecule has 1 aromatic carbocycles. The lowest BCUT2D eigenvalue weighted by molar-refractivity contribution is 0.678. The minimum atomic E-state index is 0.645. The smallest absolute Gasteiger partial charge is 0.0396 e. The number of hydrogen-bond donors (Lipinski definition) is 1. The quantitative estimate of drug-likeness (QED) is 0.833. The van der Waals surface area contributed by atoms with E-state index in [0.717, 1.165) is 11.8 Å². The first-order valence-corrected chi connectivity index (χ1v) is 7.31. The molecule has 2 heteroatoms. The highest BCUT2D eigenvalue weighted by molar-refractivity contribution is 5.55. The van der Waals surface area contributed by atoms with E-state index in [4.69, 9.17) is 5.73 Å². The van der Waals surface area contributed by atoms with E-state index in [0.29, 0.717) is 6.54 Å². The van der Waals surface area contributed by atoms with E-state index in [2.05, 4.69) is 30.0 Å².